The zero-order valence-electron chi connectivity index (χ0n) is 12.0. The highest BCUT2D eigenvalue weighted by molar-refractivity contribution is 5.39. The van der Waals surface area contributed by atoms with E-state index in [1.54, 1.807) is 0 Å². The van der Waals surface area contributed by atoms with E-state index in [1.165, 1.54) is 17.5 Å². The third-order valence-electron chi connectivity index (χ3n) is 4.26. The minimum Gasteiger partial charge on any atom is -0.492 e. The number of aryl methyl sites for hydroxylation is 1. The number of morpholine rings is 1. The number of ether oxygens (including phenoxy) is 2. The number of nitrogens with two attached hydrogens (primary N) is 1. The van der Waals surface area contributed by atoms with Crippen LogP contribution in [0, 0.1) is 0 Å². The van der Waals surface area contributed by atoms with Crippen molar-refractivity contribution in [3.8, 4) is 5.75 Å². The molecule has 0 bridgehead atoms. The first-order valence-electron chi connectivity index (χ1n) is 7.64. The summed E-state index contributed by atoms with van der Waals surface area (Å²) in [4.78, 5) is 2.38. The first-order chi connectivity index (χ1) is 9.83. The monoisotopic (exact) mass is 276 g/mol. The van der Waals surface area contributed by atoms with E-state index < -0.39 is 0 Å². The summed E-state index contributed by atoms with van der Waals surface area (Å²) >= 11 is 0. The summed E-state index contributed by atoms with van der Waals surface area (Å²) in [7, 11) is 0. The third-order valence-corrected chi connectivity index (χ3v) is 4.26. The summed E-state index contributed by atoms with van der Waals surface area (Å²) < 4.78 is 11.2. The molecule has 4 heteroatoms. The predicted molar refractivity (Wildman–Crippen MR) is 79.1 cm³/mol. The van der Waals surface area contributed by atoms with Crippen molar-refractivity contribution in [3.05, 3.63) is 29.3 Å². The van der Waals surface area contributed by atoms with Crippen molar-refractivity contribution in [1.29, 1.82) is 0 Å². The Morgan fingerprint density at radius 2 is 2.15 bits per heavy atom. The zero-order chi connectivity index (χ0) is 13.8. The van der Waals surface area contributed by atoms with Crippen LogP contribution in [-0.2, 0) is 11.2 Å². The Balaban J connectivity index is 1.53. The van der Waals surface area contributed by atoms with Crippen LogP contribution >= 0.6 is 0 Å². The normalized spacial score (nSPS) is 23.4. The lowest BCUT2D eigenvalue weighted by atomic mass is 9.88. The van der Waals surface area contributed by atoms with E-state index in [9.17, 15) is 0 Å². The van der Waals surface area contributed by atoms with Crippen LogP contribution in [-0.4, -0.2) is 44.4 Å². The molecular weight excluding hydrogens is 252 g/mol. The number of fused-ring (bicyclic) bond motifs is 1. The molecule has 0 radical (unpaired) electrons. The van der Waals surface area contributed by atoms with Crippen molar-refractivity contribution in [2.45, 2.75) is 25.3 Å². The van der Waals surface area contributed by atoms with Gasteiger partial charge in [-0.15, -0.1) is 0 Å². The Bertz CT molecular complexity index is 444. The summed E-state index contributed by atoms with van der Waals surface area (Å²) in [5.41, 5.74) is 8.85. The Hall–Kier alpha value is -1.10. The molecule has 1 atom stereocenters. The molecule has 1 aliphatic carbocycles. The van der Waals surface area contributed by atoms with Crippen LogP contribution in [0.25, 0.3) is 0 Å². The van der Waals surface area contributed by atoms with Crippen molar-refractivity contribution in [2.75, 3.05) is 39.5 Å². The molecule has 1 saturated heterocycles. The molecule has 0 unspecified atom stereocenters. The second-order valence-electron chi connectivity index (χ2n) is 5.66. The van der Waals surface area contributed by atoms with Crippen molar-refractivity contribution < 1.29 is 9.47 Å². The maximum Gasteiger partial charge on any atom is 0.119 e. The molecule has 1 aromatic rings. The van der Waals surface area contributed by atoms with Gasteiger partial charge >= 0.3 is 0 Å². The Kier molecular flexibility index (Phi) is 4.55. The summed E-state index contributed by atoms with van der Waals surface area (Å²) in [5.74, 6) is 0.953. The van der Waals surface area contributed by atoms with Crippen LogP contribution in [0.5, 0.6) is 5.75 Å². The zero-order valence-corrected chi connectivity index (χ0v) is 12.0. The maximum atomic E-state index is 6.18. The number of hydrogen-bond acceptors (Lipinski definition) is 4. The fourth-order valence-electron chi connectivity index (χ4n) is 3.02. The van der Waals surface area contributed by atoms with Crippen LogP contribution in [0.3, 0.4) is 0 Å². The largest absolute Gasteiger partial charge is 0.492 e. The second kappa shape index (κ2) is 6.57. The lowest BCUT2D eigenvalue weighted by Gasteiger charge is -2.26. The molecule has 1 aromatic carbocycles. The van der Waals surface area contributed by atoms with Gasteiger partial charge in [0.1, 0.15) is 12.4 Å². The third kappa shape index (κ3) is 3.32. The van der Waals surface area contributed by atoms with Crippen molar-refractivity contribution >= 4 is 0 Å². The topological polar surface area (TPSA) is 47.7 Å². The fraction of sp³-hybridized carbons (Fsp3) is 0.625. The van der Waals surface area contributed by atoms with Gasteiger partial charge in [0, 0.05) is 25.7 Å². The summed E-state index contributed by atoms with van der Waals surface area (Å²) in [5, 5.41) is 0. The molecule has 3 rings (SSSR count). The molecule has 0 amide bonds. The van der Waals surface area contributed by atoms with E-state index in [4.69, 9.17) is 15.2 Å². The van der Waals surface area contributed by atoms with Crippen LogP contribution < -0.4 is 10.5 Å². The average molecular weight is 276 g/mol. The van der Waals surface area contributed by atoms with E-state index in [2.05, 4.69) is 23.1 Å². The Labute approximate surface area is 120 Å². The number of hydrogen-bond donors (Lipinski definition) is 1. The van der Waals surface area contributed by atoms with E-state index in [0.717, 1.165) is 58.0 Å². The smallest absolute Gasteiger partial charge is 0.119 e. The molecule has 2 aliphatic rings. The van der Waals surface area contributed by atoms with Crippen molar-refractivity contribution in [3.63, 3.8) is 0 Å². The molecule has 20 heavy (non-hydrogen) atoms. The quantitative estimate of drug-likeness (QED) is 0.910. The predicted octanol–water partition coefficient (Wildman–Crippen LogP) is 1.73. The van der Waals surface area contributed by atoms with Crippen LogP contribution in [0.15, 0.2) is 18.2 Å². The molecule has 1 heterocycles. The maximum absolute atomic E-state index is 6.18. The van der Waals surface area contributed by atoms with Gasteiger partial charge in [-0.2, -0.15) is 0 Å². The lowest BCUT2D eigenvalue weighted by Crippen LogP contribution is -2.38. The van der Waals surface area contributed by atoms with Crippen molar-refractivity contribution in [2.24, 2.45) is 5.73 Å². The summed E-state index contributed by atoms with van der Waals surface area (Å²) in [6, 6.07) is 6.58. The fourth-order valence-corrected chi connectivity index (χ4v) is 3.02. The average Bonchev–Trinajstić information content (AvgIpc) is 2.49. The van der Waals surface area contributed by atoms with Gasteiger partial charge in [0.25, 0.3) is 0 Å². The molecular formula is C16H24N2O2. The summed E-state index contributed by atoms with van der Waals surface area (Å²) in [6.07, 6.45) is 3.44. The molecule has 0 saturated carbocycles. The van der Waals surface area contributed by atoms with E-state index in [-0.39, 0.29) is 6.04 Å². The standard InChI is InChI=1S/C16H24N2O2/c17-16-3-1-2-13-4-5-14(12-15(13)16)20-11-8-18-6-9-19-10-7-18/h4-5,12,16H,1-3,6-11,17H2/t16-/m1/s1. The molecule has 1 fully saturated rings. The molecule has 4 nitrogen and oxygen atoms in total. The highest BCUT2D eigenvalue weighted by atomic mass is 16.5. The van der Waals surface area contributed by atoms with Gasteiger partial charge in [-0.1, -0.05) is 6.07 Å². The number of nitrogens with zero attached hydrogens (tertiary/aromatic N) is 1. The summed E-state index contributed by atoms with van der Waals surface area (Å²) in [6.45, 7) is 5.40. The first-order valence-corrected chi connectivity index (χ1v) is 7.64. The minimum absolute atomic E-state index is 0.182. The van der Waals surface area contributed by atoms with Gasteiger partial charge < -0.3 is 15.2 Å². The molecule has 1 aliphatic heterocycles. The van der Waals surface area contributed by atoms with Gasteiger partial charge in [0.15, 0.2) is 0 Å². The second-order valence-corrected chi connectivity index (χ2v) is 5.66. The first kappa shape index (κ1) is 13.9. The molecule has 2 N–H and O–H groups in total. The van der Waals surface area contributed by atoms with Gasteiger partial charge in [0.2, 0.25) is 0 Å². The molecule has 110 valence electrons. The Morgan fingerprint density at radius 3 is 3.00 bits per heavy atom. The number of rotatable bonds is 4. The molecule has 0 aromatic heterocycles. The lowest BCUT2D eigenvalue weighted by molar-refractivity contribution is 0.0322. The molecule has 0 spiro atoms. The van der Waals surface area contributed by atoms with Crippen LogP contribution in [0.2, 0.25) is 0 Å². The van der Waals surface area contributed by atoms with Gasteiger partial charge in [-0.3, -0.25) is 4.90 Å². The van der Waals surface area contributed by atoms with Gasteiger partial charge in [0.05, 0.1) is 13.2 Å². The highest BCUT2D eigenvalue weighted by Crippen LogP contribution is 2.30. The van der Waals surface area contributed by atoms with Crippen LogP contribution in [0.4, 0.5) is 0 Å². The van der Waals surface area contributed by atoms with Crippen LogP contribution in [0.1, 0.15) is 30.0 Å². The highest BCUT2D eigenvalue weighted by Gasteiger charge is 2.17. The van der Waals surface area contributed by atoms with Gasteiger partial charge in [-0.05, 0) is 42.5 Å². The Morgan fingerprint density at radius 1 is 1.30 bits per heavy atom. The van der Waals surface area contributed by atoms with E-state index in [1.807, 2.05) is 0 Å². The van der Waals surface area contributed by atoms with Crippen molar-refractivity contribution in [1.82, 2.24) is 4.90 Å². The van der Waals surface area contributed by atoms with Gasteiger partial charge in [-0.25, -0.2) is 0 Å². The SMILES string of the molecule is N[C@@H]1CCCc2ccc(OCCN3CCOCC3)cc21. The van der Waals surface area contributed by atoms with E-state index >= 15 is 0 Å². The van der Waals surface area contributed by atoms with E-state index in [0.29, 0.717) is 0 Å². The minimum atomic E-state index is 0.182. The number of benzene rings is 1.